The maximum Gasteiger partial charge on any atom is 0.126 e. The highest BCUT2D eigenvalue weighted by atomic mass is 35.5. The minimum absolute atomic E-state index is 0.0324. The van der Waals surface area contributed by atoms with Gasteiger partial charge >= 0.3 is 0 Å². The van der Waals surface area contributed by atoms with Gasteiger partial charge in [0.1, 0.15) is 17.4 Å². The molecule has 4 atom stereocenters. The van der Waals surface area contributed by atoms with Crippen molar-refractivity contribution in [3.63, 3.8) is 0 Å². The molecule has 1 fully saturated rings. The van der Waals surface area contributed by atoms with Gasteiger partial charge in [-0.1, -0.05) is 6.58 Å². The Morgan fingerprint density at radius 1 is 1.11 bits per heavy atom. The molecule has 0 aliphatic heterocycles. The molecular weight excluding hydrogens is 402 g/mol. The summed E-state index contributed by atoms with van der Waals surface area (Å²) in [5.41, 5.74) is 0.608. The van der Waals surface area contributed by atoms with Crippen molar-refractivity contribution < 1.29 is 19.0 Å². The largest absolute Gasteiger partial charge is 0.507 e. The summed E-state index contributed by atoms with van der Waals surface area (Å²) >= 11 is 8.04. The first kappa shape index (κ1) is 21.3. The first-order valence-corrected chi connectivity index (χ1v) is 10.8. The Morgan fingerprint density at radius 2 is 1.82 bits per heavy atom. The van der Waals surface area contributed by atoms with E-state index in [0.717, 1.165) is 30.2 Å². The van der Waals surface area contributed by atoms with Crippen LogP contribution in [0.3, 0.4) is 0 Å². The molecule has 2 aromatic rings. The molecule has 1 unspecified atom stereocenters. The molecule has 1 aromatic carbocycles. The standard InChI is InChI=1S/C22H25ClF2O2S/c1-13(26)22-8-6-17(28-22)3-2-4-18-19(21(27)12-20(18)23)7-5-14-9-15(24)11-16(25)10-14/h6,8-11,18-21,26-27H,1-5,7,12H2/t18-,19-,20?,21-/m1/s1. The lowest BCUT2D eigenvalue weighted by atomic mass is 9.85. The van der Waals surface area contributed by atoms with Crippen molar-refractivity contribution in [2.45, 2.75) is 50.0 Å². The van der Waals surface area contributed by atoms with E-state index in [9.17, 15) is 19.0 Å². The van der Waals surface area contributed by atoms with Crippen LogP contribution in [0.4, 0.5) is 8.78 Å². The molecule has 2 nitrogen and oxygen atoms in total. The van der Waals surface area contributed by atoms with E-state index in [1.807, 2.05) is 12.1 Å². The van der Waals surface area contributed by atoms with Crippen molar-refractivity contribution in [1.82, 2.24) is 0 Å². The number of hydrogen-bond donors (Lipinski definition) is 2. The van der Waals surface area contributed by atoms with Crippen LogP contribution in [0.15, 0.2) is 36.9 Å². The molecule has 1 aromatic heterocycles. The number of aliphatic hydroxyl groups excluding tert-OH is 2. The van der Waals surface area contributed by atoms with E-state index in [-0.39, 0.29) is 23.0 Å². The van der Waals surface area contributed by atoms with Gasteiger partial charge in [0.2, 0.25) is 0 Å². The van der Waals surface area contributed by atoms with Gasteiger partial charge in [-0.05, 0) is 80.2 Å². The van der Waals surface area contributed by atoms with Gasteiger partial charge in [-0.15, -0.1) is 22.9 Å². The summed E-state index contributed by atoms with van der Waals surface area (Å²) in [6.07, 6.45) is 3.97. The van der Waals surface area contributed by atoms with E-state index in [2.05, 4.69) is 6.58 Å². The highest BCUT2D eigenvalue weighted by molar-refractivity contribution is 7.13. The minimum Gasteiger partial charge on any atom is -0.507 e. The van der Waals surface area contributed by atoms with Crippen molar-refractivity contribution >= 4 is 28.7 Å². The van der Waals surface area contributed by atoms with E-state index in [1.54, 1.807) is 0 Å². The van der Waals surface area contributed by atoms with E-state index in [1.165, 1.54) is 28.3 Å². The molecule has 0 amide bonds. The number of rotatable bonds is 8. The first-order valence-electron chi connectivity index (χ1n) is 9.57. The summed E-state index contributed by atoms with van der Waals surface area (Å²) in [6, 6.07) is 7.43. The maximum absolute atomic E-state index is 13.4. The van der Waals surface area contributed by atoms with Gasteiger partial charge in [-0.25, -0.2) is 8.78 Å². The van der Waals surface area contributed by atoms with Crippen LogP contribution in [0.25, 0.3) is 5.76 Å². The van der Waals surface area contributed by atoms with E-state index >= 15 is 0 Å². The number of aliphatic hydroxyl groups is 2. The zero-order chi connectivity index (χ0) is 20.3. The number of benzene rings is 1. The average molecular weight is 427 g/mol. The topological polar surface area (TPSA) is 40.5 Å². The summed E-state index contributed by atoms with van der Waals surface area (Å²) in [6.45, 7) is 3.54. The highest BCUT2D eigenvalue weighted by Crippen LogP contribution is 2.41. The number of alkyl halides is 1. The second kappa shape index (κ2) is 9.38. The number of halogens is 3. The molecule has 1 aliphatic carbocycles. The molecule has 1 aliphatic rings. The van der Waals surface area contributed by atoms with Crippen LogP contribution in [0, 0.1) is 23.5 Å². The van der Waals surface area contributed by atoms with Gasteiger partial charge in [-0.2, -0.15) is 0 Å². The quantitative estimate of drug-likeness (QED) is 0.394. The number of hydrogen-bond acceptors (Lipinski definition) is 3. The van der Waals surface area contributed by atoms with Crippen molar-refractivity contribution in [2.24, 2.45) is 11.8 Å². The Balaban J connectivity index is 1.56. The maximum atomic E-state index is 13.4. The number of aryl methyl sites for hydroxylation is 2. The molecule has 1 saturated carbocycles. The fourth-order valence-electron chi connectivity index (χ4n) is 4.20. The molecule has 1 heterocycles. The van der Waals surface area contributed by atoms with Crippen LogP contribution in [0.1, 0.15) is 41.0 Å². The normalized spacial score (nSPS) is 24.6. The van der Waals surface area contributed by atoms with E-state index < -0.39 is 17.7 Å². The third kappa shape index (κ3) is 5.34. The molecule has 0 bridgehead atoms. The van der Waals surface area contributed by atoms with Crippen LogP contribution in [0.2, 0.25) is 0 Å². The summed E-state index contributed by atoms with van der Waals surface area (Å²) in [5, 5.41) is 19.8. The Bertz CT molecular complexity index is 802. The van der Waals surface area contributed by atoms with Crippen molar-refractivity contribution in [3.8, 4) is 0 Å². The Kier molecular flexibility index (Phi) is 7.13. The van der Waals surface area contributed by atoms with Gasteiger partial charge in [0.25, 0.3) is 0 Å². The van der Waals surface area contributed by atoms with Gasteiger partial charge < -0.3 is 10.2 Å². The highest BCUT2D eigenvalue weighted by Gasteiger charge is 2.40. The Morgan fingerprint density at radius 3 is 2.46 bits per heavy atom. The minimum atomic E-state index is -0.574. The van der Waals surface area contributed by atoms with Crippen molar-refractivity contribution in [1.29, 1.82) is 0 Å². The fourth-order valence-corrected chi connectivity index (χ4v) is 5.62. The average Bonchev–Trinajstić information content (AvgIpc) is 3.18. The summed E-state index contributed by atoms with van der Waals surface area (Å²) in [4.78, 5) is 1.96. The molecule has 0 spiro atoms. The Labute approximate surface area is 173 Å². The van der Waals surface area contributed by atoms with Crippen LogP contribution >= 0.6 is 22.9 Å². The SMILES string of the molecule is C=C(O)c1ccc(CCC[C@H]2C(Cl)C[C@@H](O)[C@@H]2CCc2cc(F)cc(F)c2)s1. The monoisotopic (exact) mass is 426 g/mol. The summed E-state index contributed by atoms with van der Waals surface area (Å²) in [7, 11) is 0. The zero-order valence-electron chi connectivity index (χ0n) is 15.6. The molecule has 0 radical (unpaired) electrons. The second-order valence-electron chi connectivity index (χ2n) is 7.57. The fraction of sp³-hybridized carbons (Fsp3) is 0.455. The second-order valence-corrected chi connectivity index (χ2v) is 9.30. The van der Waals surface area contributed by atoms with Crippen LogP contribution in [-0.2, 0) is 12.8 Å². The van der Waals surface area contributed by atoms with E-state index in [0.29, 0.717) is 24.8 Å². The van der Waals surface area contributed by atoms with Gasteiger partial charge in [-0.3, -0.25) is 0 Å². The zero-order valence-corrected chi connectivity index (χ0v) is 17.2. The van der Waals surface area contributed by atoms with Gasteiger partial charge in [0, 0.05) is 16.3 Å². The molecular formula is C22H25ClF2O2S. The molecule has 152 valence electrons. The molecule has 2 N–H and O–H groups in total. The lowest BCUT2D eigenvalue weighted by Crippen LogP contribution is -2.21. The van der Waals surface area contributed by atoms with Gasteiger partial charge in [0.05, 0.1) is 11.0 Å². The third-order valence-corrected chi connectivity index (χ3v) is 7.27. The Hall–Kier alpha value is -1.43. The van der Waals surface area contributed by atoms with Crippen LogP contribution in [-0.4, -0.2) is 21.7 Å². The molecule has 28 heavy (non-hydrogen) atoms. The molecule has 3 rings (SSSR count). The van der Waals surface area contributed by atoms with Gasteiger partial charge in [0.15, 0.2) is 0 Å². The van der Waals surface area contributed by atoms with Crippen molar-refractivity contribution in [3.05, 3.63) is 63.9 Å². The predicted molar refractivity (Wildman–Crippen MR) is 111 cm³/mol. The first-order chi connectivity index (χ1) is 13.3. The van der Waals surface area contributed by atoms with Crippen molar-refractivity contribution in [2.75, 3.05) is 0 Å². The van der Waals surface area contributed by atoms with Crippen LogP contribution in [0.5, 0.6) is 0 Å². The molecule has 6 heteroatoms. The third-order valence-electron chi connectivity index (χ3n) is 5.57. The lowest BCUT2D eigenvalue weighted by Gasteiger charge is -2.23. The summed E-state index contributed by atoms with van der Waals surface area (Å²) in [5.74, 6) is -0.846. The number of thiophene rings is 1. The predicted octanol–water partition coefficient (Wildman–Crippen LogP) is 6.11. The lowest BCUT2D eigenvalue weighted by molar-refractivity contribution is 0.109. The van der Waals surface area contributed by atoms with Crippen LogP contribution < -0.4 is 0 Å². The summed E-state index contributed by atoms with van der Waals surface area (Å²) < 4.78 is 26.8. The smallest absolute Gasteiger partial charge is 0.126 e. The van der Waals surface area contributed by atoms with E-state index in [4.69, 9.17) is 11.6 Å². The molecule has 0 saturated heterocycles.